The first-order valence-corrected chi connectivity index (χ1v) is 6.94. The van der Waals surface area contributed by atoms with Gasteiger partial charge in [0.2, 0.25) is 0 Å². The minimum Gasteiger partial charge on any atom is -0.378 e. The molecule has 0 aliphatic rings. The number of benzene rings is 1. The SMILES string of the molecule is C=CCc1c(C)nc2c(Cl)cccc2c1SC(=N)N. The summed E-state index contributed by atoms with van der Waals surface area (Å²) in [6.07, 6.45) is 2.52. The van der Waals surface area contributed by atoms with E-state index in [1.54, 1.807) is 0 Å². The number of halogens is 1. The highest BCUT2D eigenvalue weighted by Gasteiger charge is 2.14. The third-order valence-electron chi connectivity index (χ3n) is 2.78. The van der Waals surface area contributed by atoms with Gasteiger partial charge in [-0.15, -0.1) is 6.58 Å². The van der Waals surface area contributed by atoms with Crippen molar-refractivity contribution in [1.82, 2.24) is 4.98 Å². The molecule has 1 heterocycles. The van der Waals surface area contributed by atoms with Crippen LogP contribution in [-0.2, 0) is 6.42 Å². The molecule has 3 nitrogen and oxygen atoms in total. The standard InChI is InChI=1S/C14H14ClN3S/c1-3-5-9-8(2)18-12-10(6-4-7-11(12)15)13(9)19-14(16)17/h3-4,6-7H,1,5H2,2H3,(H3,16,17). The van der Waals surface area contributed by atoms with Gasteiger partial charge >= 0.3 is 0 Å². The molecule has 0 bridgehead atoms. The molecular formula is C14H14ClN3S. The molecule has 19 heavy (non-hydrogen) atoms. The van der Waals surface area contributed by atoms with E-state index in [-0.39, 0.29) is 5.17 Å². The predicted octanol–water partition coefficient (Wildman–Crippen LogP) is 3.91. The van der Waals surface area contributed by atoms with E-state index in [0.717, 1.165) is 27.1 Å². The van der Waals surface area contributed by atoms with Crippen LogP contribution in [0.2, 0.25) is 5.02 Å². The quantitative estimate of drug-likeness (QED) is 0.390. The summed E-state index contributed by atoms with van der Waals surface area (Å²) in [5, 5.41) is 9.11. The number of fused-ring (bicyclic) bond motifs is 1. The fraction of sp³-hybridized carbons (Fsp3) is 0.143. The number of nitrogens with zero attached hydrogens (tertiary/aromatic N) is 1. The summed E-state index contributed by atoms with van der Waals surface area (Å²) in [5.74, 6) is 0. The first-order valence-electron chi connectivity index (χ1n) is 5.75. The van der Waals surface area contributed by atoms with Crippen LogP contribution in [0.25, 0.3) is 10.9 Å². The molecule has 0 saturated carbocycles. The number of hydrogen-bond acceptors (Lipinski definition) is 3. The summed E-state index contributed by atoms with van der Waals surface area (Å²) < 4.78 is 0. The molecule has 1 aromatic heterocycles. The molecule has 2 aromatic rings. The molecule has 1 aromatic carbocycles. The summed E-state index contributed by atoms with van der Waals surface area (Å²) in [4.78, 5) is 5.50. The van der Waals surface area contributed by atoms with Crippen LogP contribution in [-0.4, -0.2) is 10.2 Å². The lowest BCUT2D eigenvalue weighted by molar-refractivity contribution is 1.09. The first-order chi connectivity index (χ1) is 9.04. The number of para-hydroxylation sites is 1. The topological polar surface area (TPSA) is 62.8 Å². The lowest BCUT2D eigenvalue weighted by atomic mass is 10.1. The number of thioether (sulfide) groups is 1. The minimum absolute atomic E-state index is 0.0530. The molecule has 2 rings (SSSR count). The van der Waals surface area contributed by atoms with E-state index in [1.165, 1.54) is 11.8 Å². The van der Waals surface area contributed by atoms with Crippen LogP contribution in [0, 0.1) is 12.3 Å². The maximum Gasteiger partial charge on any atom is 0.155 e. The van der Waals surface area contributed by atoms with Crippen molar-refractivity contribution in [3.05, 3.63) is 47.1 Å². The lowest BCUT2D eigenvalue weighted by Gasteiger charge is -2.14. The van der Waals surface area contributed by atoms with Crippen molar-refractivity contribution in [2.45, 2.75) is 18.2 Å². The molecule has 98 valence electrons. The van der Waals surface area contributed by atoms with Crippen LogP contribution < -0.4 is 5.73 Å². The second-order valence-corrected chi connectivity index (χ2v) is 5.56. The Kier molecular flexibility index (Phi) is 4.12. The fourth-order valence-electron chi connectivity index (χ4n) is 1.99. The summed E-state index contributed by atoms with van der Waals surface area (Å²) in [6.45, 7) is 5.70. The normalized spacial score (nSPS) is 10.6. The highest BCUT2D eigenvalue weighted by atomic mass is 35.5. The second kappa shape index (κ2) is 5.63. The molecule has 5 heteroatoms. The zero-order chi connectivity index (χ0) is 14.0. The average molecular weight is 292 g/mol. The Morgan fingerprint density at radius 1 is 1.58 bits per heavy atom. The van der Waals surface area contributed by atoms with Gasteiger partial charge in [-0.25, -0.2) is 0 Å². The molecule has 3 N–H and O–H groups in total. The Labute approximate surface area is 121 Å². The van der Waals surface area contributed by atoms with E-state index < -0.39 is 0 Å². The second-order valence-electron chi connectivity index (χ2n) is 4.10. The Balaban J connectivity index is 2.81. The zero-order valence-corrected chi connectivity index (χ0v) is 12.1. The van der Waals surface area contributed by atoms with Crippen LogP contribution in [0.4, 0.5) is 0 Å². The molecular weight excluding hydrogens is 278 g/mol. The smallest absolute Gasteiger partial charge is 0.155 e. The van der Waals surface area contributed by atoms with Gasteiger partial charge in [0.25, 0.3) is 0 Å². The van der Waals surface area contributed by atoms with E-state index in [1.807, 2.05) is 31.2 Å². The maximum atomic E-state index is 7.52. The number of amidine groups is 1. The Bertz CT molecular complexity index is 667. The number of aryl methyl sites for hydroxylation is 1. The Morgan fingerprint density at radius 2 is 2.32 bits per heavy atom. The van der Waals surface area contributed by atoms with Crippen LogP contribution in [0.3, 0.4) is 0 Å². The molecule has 0 unspecified atom stereocenters. The summed E-state index contributed by atoms with van der Waals surface area (Å²) >= 11 is 7.42. The van der Waals surface area contributed by atoms with Gasteiger partial charge in [0.05, 0.1) is 10.5 Å². The van der Waals surface area contributed by atoms with Crippen molar-refractivity contribution < 1.29 is 0 Å². The molecule has 0 saturated heterocycles. The van der Waals surface area contributed by atoms with Gasteiger partial charge < -0.3 is 5.73 Å². The third-order valence-corrected chi connectivity index (χ3v) is 3.98. The number of hydrogen-bond donors (Lipinski definition) is 2. The van der Waals surface area contributed by atoms with Crippen molar-refractivity contribution in [2.75, 3.05) is 0 Å². The highest BCUT2D eigenvalue weighted by Crippen LogP contribution is 2.35. The van der Waals surface area contributed by atoms with E-state index in [4.69, 9.17) is 22.7 Å². The van der Waals surface area contributed by atoms with Crippen molar-refractivity contribution in [3.8, 4) is 0 Å². The van der Waals surface area contributed by atoms with Gasteiger partial charge in [0.1, 0.15) is 0 Å². The number of rotatable bonds is 3. The third kappa shape index (κ3) is 2.74. The van der Waals surface area contributed by atoms with Gasteiger partial charge in [0.15, 0.2) is 5.17 Å². The minimum atomic E-state index is 0.0530. The number of aromatic nitrogens is 1. The Hall–Kier alpha value is -1.52. The molecule has 0 radical (unpaired) electrons. The lowest BCUT2D eigenvalue weighted by Crippen LogP contribution is -2.06. The largest absolute Gasteiger partial charge is 0.378 e. The van der Waals surface area contributed by atoms with Gasteiger partial charge in [-0.05, 0) is 25.0 Å². The summed E-state index contributed by atoms with van der Waals surface area (Å²) in [7, 11) is 0. The summed E-state index contributed by atoms with van der Waals surface area (Å²) in [6, 6.07) is 5.64. The van der Waals surface area contributed by atoms with E-state index in [9.17, 15) is 0 Å². The fourth-order valence-corrected chi connectivity index (χ4v) is 3.05. The highest BCUT2D eigenvalue weighted by molar-refractivity contribution is 8.13. The van der Waals surface area contributed by atoms with E-state index in [2.05, 4.69) is 11.6 Å². The van der Waals surface area contributed by atoms with Crippen LogP contribution in [0.15, 0.2) is 35.7 Å². The van der Waals surface area contributed by atoms with Crippen molar-refractivity contribution in [3.63, 3.8) is 0 Å². The zero-order valence-electron chi connectivity index (χ0n) is 10.5. The van der Waals surface area contributed by atoms with E-state index in [0.29, 0.717) is 11.4 Å². The molecule has 0 spiro atoms. The number of nitrogens with one attached hydrogen (secondary N) is 1. The average Bonchev–Trinajstić information content (AvgIpc) is 2.34. The monoisotopic (exact) mass is 291 g/mol. The van der Waals surface area contributed by atoms with Gasteiger partial charge in [-0.3, -0.25) is 10.4 Å². The number of pyridine rings is 1. The van der Waals surface area contributed by atoms with Crippen molar-refractivity contribution in [2.24, 2.45) is 5.73 Å². The maximum absolute atomic E-state index is 7.52. The molecule has 0 amide bonds. The number of allylic oxidation sites excluding steroid dienone is 1. The van der Waals surface area contributed by atoms with Gasteiger partial charge in [-0.2, -0.15) is 0 Å². The van der Waals surface area contributed by atoms with Crippen LogP contribution >= 0.6 is 23.4 Å². The summed E-state index contributed by atoms with van der Waals surface area (Å²) in [5.41, 5.74) is 8.22. The Morgan fingerprint density at radius 3 is 2.95 bits per heavy atom. The first kappa shape index (κ1) is 13.9. The van der Waals surface area contributed by atoms with Crippen LogP contribution in [0.1, 0.15) is 11.3 Å². The predicted molar refractivity (Wildman–Crippen MR) is 83.2 cm³/mol. The molecule has 0 aliphatic heterocycles. The molecule has 0 aliphatic carbocycles. The van der Waals surface area contributed by atoms with E-state index >= 15 is 0 Å². The number of nitrogens with two attached hydrogens (primary N) is 1. The van der Waals surface area contributed by atoms with Gasteiger partial charge in [0, 0.05) is 16.0 Å². The van der Waals surface area contributed by atoms with Gasteiger partial charge in [-0.1, -0.05) is 41.6 Å². The van der Waals surface area contributed by atoms with Crippen molar-refractivity contribution >= 4 is 39.4 Å². The van der Waals surface area contributed by atoms with Crippen molar-refractivity contribution in [1.29, 1.82) is 5.41 Å². The molecule has 0 fully saturated rings. The molecule has 0 atom stereocenters. The van der Waals surface area contributed by atoms with Crippen LogP contribution in [0.5, 0.6) is 0 Å².